The third-order valence-corrected chi connectivity index (χ3v) is 5.02. The maximum atomic E-state index is 13.9. The quantitative estimate of drug-likeness (QED) is 0.474. The Morgan fingerprint density at radius 1 is 1.00 bits per heavy atom. The molecule has 0 aliphatic rings. The lowest BCUT2D eigenvalue weighted by molar-refractivity contribution is -0.307. The third-order valence-electron chi connectivity index (χ3n) is 5.02. The van der Waals surface area contributed by atoms with E-state index in [2.05, 4.69) is 4.98 Å². The summed E-state index contributed by atoms with van der Waals surface area (Å²) in [6, 6.07) is 13.1. The molecule has 0 unspecified atom stereocenters. The highest BCUT2D eigenvalue weighted by Crippen LogP contribution is 2.39. The van der Waals surface area contributed by atoms with Crippen molar-refractivity contribution in [1.29, 1.82) is 0 Å². The molecule has 2 aromatic carbocycles. The molecule has 0 fully saturated rings. The highest BCUT2D eigenvalue weighted by Gasteiger charge is 2.39. The van der Waals surface area contributed by atoms with Gasteiger partial charge < -0.3 is 24.7 Å². The number of hydrogen-bond acceptors (Lipinski definition) is 5. The number of nitrogens with zero attached hydrogens (tertiary/aromatic N) is 2. The molecule has 0 aliphatic carbocycles. The fourth-order valence-corrected chi connectivity index (χ4v) is 3.57. The fraction of sp³-hybridized carbons (Fsp3) is 0.304. The molecule has 0 saturated heterocycles. The van der Waals surface area contributed by atoms with Crippen LogP contribution in [0.4, 0.5) is 17.6 Å². The predicted molar refractivity (Wildman–Crippen MR) is 109 cm³/mol. The lowest BCUT2D eigenvalue weighted by Crippen LogP contribution is -2.30. The molecule has 0 amide bonds. The number of carboxylic acid groups (broad SMARTS) is 1. The highest BCUT2D eigenvalue weighted by atomic mass is 19.4. The van der Waals surface area contributed by atoms with Crippen molar-refractivity contribution in [3.8, 4) is 22.5 Å². The summed E-state index contributed by atoms with van der Waals surface area (Å²) in [7, 11) is 0. The average molecular weight is 465 g/mol. The molecule has 2 N–H and O–H groups in total. The number of aliphatic hydroxyl groups is 2. The van der Waals surface area contributed by atoms with E-state index < -0.39 is 42.4 Å². The second-order valence-electron chi connectivity index (χ2n) is 7.56. The van der Waals surface area contributed by atoms with Gasteiger partial charge in [0.25, 0.3) is 0 Å². The first-order chi connectivity index (χ1) is 15.6. The minimum absolute atomic E-state index is 0.00000102. The van der Waals surface area contributed by atoms with Gasteiger partial charge in [0.05, 0.1) is 23.6 Å². The lowest BCUT2D eigenvalue weighted by Gasteiger charge is -2.19. The molecule has 10 heteroatoms. The van der Waals surface area contributed by atoms with E-state index in [9.17, 15) is 37.7 Å². The zero-order chi connectivity index (χ0) is 24.2. The minimum atomic E-state index is -4.82. The number of halogens is 4. The third kappa shape index (κ3) is 6.17. The topological polar surface area (TPSA) is 98.4 Å². The Hall–Kier alpha value is -3.24. The number of benzene rings is 2. The van der Waals surface area contributed by atoms with E-state index in [0.29, 0.717) is 5.56 Å². The van der Waals surface area contributed by atoms with Gasteiger partial charge in [-0.2, -0.15) is 13.2 Å². The average Bonchev–Trinajstić information content (AvgIpc) is 3.13. The van der Waals surface area contributed by atoms with Gasteiger partial charge in [-0.15, -0.1) is 0 Å². The minimum Gasteiger partial charge on any atom is -0.550 e. The first kappa shape index (κ1) is 24.4. The molecule has 2 atom stereocenters. The maximum absolute atomic E-state index is 13.9. The molecule has 3 aromatic rings. The summed E-state index contributed by atoms with van der Waals surface area (Å²) in [6.45, 7) is -0.313. The van der Waals surface area contributed by atoms with Crippen LogP contribution in [0.1, 0.15) is 25.1 Å². The van der Waals surface area contributed by atoms with Gasteiger partial charge in [0.1, 0.15) is 5.82 Å². The number of carboxylic acids is 1. The van der Waals surface area contributed by atoms with Gasteiger partial charge in [0.15, 0.2) is 0 Å². The van der Waals surface area contributed by atoms with Crippen LogP contribution in [-0.4, -0.2) is 37.9 Å². The van der Waals surface area contributed by atoms with Crippen molar-refractivity contribution in [2.75, 3.05) is 0 Å². The second-order valence-corrected chi connectivity index (χ2v) is 7.56. The lowest BCUT2D eigenvalue weighted by atomic mass is 10.0. The molecule has 1 aromatic heterocycles. The monoisotopic (exact) mass is 465 g/mol. The first-order valence-electron chi connectivity index (χ1n) is 10.1. The molecule has 3 rings (SSSR count). The molecule has 176 valence electrons. The highest BCUT2D eigenvalue weighted by molar-refractivity contribution is 5.79. The maximum Gasteiger partial charge on any atom is 0.449 e. The number of aliphatic hydroxyl groups excluding tert-OH is 2. The number of rotatable bonds is 9. The Morgan fingerprint density at radius 2 is 1.64 bits per heavy atom. The standard InChI is InChI=1S/C23H22F4N2O4/c24-16-8-6-14(7-9-16)20-21(15-4-2-1-3-5-15)29(22(28-20)23(25,26)27)11-10-17(30)12-18(31)13-19(32)33/h1-9,17-18,30-31H,10-13H2,(H,32,33)/p-1/t17-,18-/m1/s1. The van der Waals surface area contributed by atoms with Crippen molar-refractivity contribution < 1.29 is 37.7 Å². The molecule has 0 aliphatic heterocycles. The Labute approximate surface area is 186 Å². The van der Waals surface area contributed by atoms with Crippen LogP contribution in [-0.2, 0) is 17.5 Å². The Kier molecular flexibility index (Phi) is 7.50. The largest absolute Gasteiger partial charge is 0.550 e. The van der Waals surface area contributed by atoms with Crippen LogP contribution in [0.5, 0.6) is 0 Å². The predicted octanol–water partition coefficient (Wildman–Crippen LogP) is 3.02. The molecular weight excluding hydrogens is 444 g/mol. The number of hydrogen-bond donors (Lipinski definition) is 2. The van der Waals surface area contributed by atoms with Crippen molar-refractivity contribution in [3.05, 3.63) is 66.2 Å². The fourth-order valence-electron chi connectivity index (χ4n) is 3.57. The summed E-state index contributed by atoms with van der Waals surface area (Å²) in [6.07, 6.45) is -8.71. The van der Waals surface area contributed by atoms with E-state index in [1.54, 1.807) is 30.3 Å². The number of aromatic nitrogens is 2. The summed E-state index contributed by atoms with van der Waals surface area (Å²) in [5.74, 6) is -3.24. The van der Waals surface area contributed by atoms with Crippen molar-refractivity contribution >= 4 is 5.97 Å². The number of imidazole rings is 1. The molecule has 6 nitrogen and oxygen atoms in total. The molecular formula is C23H21F4N2O4-. The van der Waals surface area contributed by atoms with Crippen LogP contribution < -0.4 is 5.11 Å². The van der Waals surface area contributed by atoms with E-state index >= 15 is 0 Å². The molecule has 0 spiro atoms. The molecule has 1 heterocycles. The SMILES string of the molecule is O=C([O-])C[C@H](O)C[C@H](O)CCn1c(C(F)(F)F)nc(-c2ccc(F)cc2)c1-c1ccccc1. The number of carbonyl (C=O) groups is 1. The van der Waals surface area contributed by atoms with Crippen LogP contribution in [0, 0.1) is 5.82 Å². The number of aliphatic carboxylic acids is 1. The number of carbonyl (C=O) groups excluding carboxylic acids is 1. The van der Waals surface area contributed by atoms with Gasteiger partial charge in [0.2, 0.25) is 5.82 Å². The van der Waals surface area contributed by atoms with Crippen LogP contribution >= 0.6 is 0 Å². The van der Waals surface area contributed by atoms with Crippen molar-refractivity contribution in [3.63, 3.8) is 0 Å². The Balaban J connectivity index is 2.03. The normalized spacial score (nSPS) is 13.6. The van der Waals surface area contributed by atoms with Gasteiger partial charge in [0, 0.05) is 30.1 Å². The van der Waals surface area contributed by atoms with E-state index in [4.69, 9.17) is 0 Å². The zero-order valence-corrected chi connectivity index (χ0v) is 17.3. The second kappa shape index (κ2) is 10.1. The van der Waals surface area contributed by atoms with E-state index in [0.717, 1.165) is 16.7 Å². The van der Waals surface area contributed by atoms with E-state index in [1.807, 2.05) is 0 Å². The summed E-state index contributed by atoms with van der Waals surface area (Å²) < 4.78 is 56.0. The van der Waals surface area contributed by atoms with Gasteiger partial charge in [-0.3, -0.25) is 0 Å². The molecule has 0 saturated carbocycles. The zero-order valence-electron chi connectivity index (χ0n) is 17.3. The Bertz CT molecular complexity index is 1080. The molecule has 0 radical (unpaired) electrons. The van der Waals surface area contributed by atoms with Crippen molar-refractivity contribution in [2.24, 2.45) is 0 Å². The summed E-state index contributed by atoms with van der Waals surface area (Å²) in [4.78, 5) is 14.4. The van der Waals surface area contributed by atoms with Crippen molar-refractivity contribution in [1.82, 2.24) is 9.55 Å². The van der Waals surface area contributed by atoms with Gasteiger partial charge in [-0.05, 0) is 37.1 Å². The van der Waals surface area contributed by atoms with Crippen molar-refractivity contribution in [2.45, 2.75) is 44.2 Å². The first-order valence-corrected chi connectivity index (χ1v) is 10.1. The molecule has 0 bridgehead atoms. The van der Waals surface area contributed by atoms with Crippen LogP contribution in [0.2, 0.25) is 0 Å². The van der Waals surface area contributed by atoms with Gasteiger partial charge in [-0.1, -0.05) is 30.3 Å². The van der Waals surface area contributed by atoms with E-state index in [1.165, 1.54) is 12.1 Å². The summed E-state index contributed by atoms with van der Waals surface area (Å²) in [5.41, 5.74) is 0.854. The van der Waals surface area contributed by atoms with Crippen LogP contribution in [0.25, 0.3) is 22.5 Å². The van der Waals surface area contributed by atoms with Gasteiger partial charge >= 0.3 is 6.18 Å². The number of alkyl halides is 3. The van der Waals surface area contributed by atoms with Crippen LogP contribution in [0.3, 0.4) is 0 Å². The summed E-state index contributed by atoms with van der Waals surface area (Å²) >= 11 is 0. The van der Waals surface area contributed by atoms with Gasteiger partial charge in [-0.25, -0.2) is 9.37 Å². The molecule has 33 heavy (non-hydrogen) atoms. The van der Waals surface area contributed by atoms with E-state index in [-0.39, 0.29) is 36.3 Å². The smallest absolute Gasteiger partial charge is 0.449 e. The Morgan fingerprint density at radius 3 is 2.21 bits per heavy atom. The van der Waals surface area contributed by atoms with Crippen LogP contribution in [0.15, 0.2) is 54.6 Å². The summed E-state index contributed by atoms with van der Waals surface area (Å²) in [5, 5.41) is 30.4.